The second-order valence-corrected chi connectivity index (χ2v) is 32.9. The fraction of sp³-hybridized carbons (Fsp3) is 0.950. The lowest BCUT2D eigenvalue weighted by atomic mass is 9.99. The van der Waals surface area contributed by atoms with Gasteiger partial charge >= 0.3 is 39.5 Å². The van der Waals surface area contributed by atoms with Crippen molar-refractivity contribution in [2.75, 3.05) is 39.6 Å². The Kier molecular flexibility index (Phi) is 67.8. The van der Waals surface area contributed by atoms with Crippen LogP contribution in [0.4, 0.5) is 0 Å². The summed E-state index contributed by atoms with van der Waals surface area (Å²) in [5.74, 6) is 1.07. The number of hydrogen-bond acceptors (Lipinski definition) is 15. The average Bonchev–Trinajstić information content (AvgIpc) is 1.06. The van der Waals surface area contributed by atoms with Crippen LogP contribution in [0.5, 0.6) is 0 Å². The van der Waals surface area contributed by atoms with E-state index >= 15 is 0 Å². The molecule has 588 valence electrons. The molecule has 0 aliphatic carbocycles. The van der Waals surface area contributed by atoms with E-state index in [0.717, 1.165) is 120 Å². The van der Waals surface area contributed by atoms with E-state index in [4.69, 9.17) is 37.0 Å². The maximum absolute atomic E-state index is 13.1. The van der Waals surface area contributed by atoms with E-state index in [1.165, 1.54) is 205 Å². The first kappa shape index (κ1) is 97.1. The zero-order valence-electron chi connectivity index (χ0n) is 65.1. The quantitative estimate of drug-likeness (QED) is 0.0222. The molecule has 0 fully saturated rings. The normalized spacial score (nSPS) is 14.9. The molecule has 99 heavy (non-hydrogen) atoms. The minimum absolute atomic E-state index is 0.106. The first-order chi connectivity index (χ1) is 47.7. The van der Waals surface area contributed by atoms with Gasteiger partial charge in [-0.05, 0) is 49.4 Å². The Balaban J connectivity index is 5.25. The summed E-state index contributed by atoms with van der Waals surface area (Å²) in [6.45, 7) is 14.3. The standard InChI is InChI=1S/C80H156O17P2/c1-9-71(6)57-49-41-33-27-21-17-13-15-19-23-31-37-47-55-62-79(84)96-75(66-90-77(82)60-52-44-35-29-25-24-28-34-42-50-58-72(7)10-2)68-94-98(86,87)92-64-74(81)65-93-99(88,89)95-69-76(67-91-78(83)61-53-45-39-38-43-51-59-73(8)11-3)97-80(85)63-54-46-36-30-22-18-14-12-16-20-26-32-40-48-56-70(4)5/h70-76,81H,9-69H2,1-8H3,(H,86,87)(H,88,89)/t71?,72?,73?,74-,75-,76-/m1/s1. The molecule has 0 aromatic heterocycles. The first-order valence-electron chi connectivity index (χ1n) is 41.3. The van der Waals surface area contributed by atoms with Gasteiger partial charge in [0.25, 0.3) is 0 Å². The Morgan fingerprint density at radius 2 is 0.485 bits per heavy atom. The first-order valence-corrected chi connectivity index (χ1v) is 44.3. The summed E-state index contributed by atoms with van der Waals surface area (Å²) in [5, 5.41) is 10.6. The number of unbranched alkanes of at least 4 members (excludes halogenated alkanes) is 40. The van der Waals surface area contributed by atoms with Crippen molar-refractivity contribution in [3.05, 3.63) is 0 Å². The van der Waals surface area contributed by atoms with Crippen molar-refractivity contribution >= 4 is 39.5 Å². The van der Waals surface area contributed by atoms with Gasteiger partial charge in [-0.25, -0.2) is 9.13 Å². The van der Waals surface area contributed by atoms with Gasteiger partial charge in [0.15, 0.2) is 12.2 Å². The molecular weight excluding hydrogens is 1290 g/mol. The molecule has 0 aromatic rings. The number of rotatable bonds is 77. The molecule has 0 heterocycles. The van der Waals surface area contributed by atoms with Crippen LogP contribution in [0, 0.1) is 23.7 Å². The second kappa shape index (κ2) is 69.1. The van der Waals surface area contributed by atoms with E-state index < -0.39 is 97.5 Å². The van der Waals surface area contributed by atoms with Gasteiger partial charge in [0, 0.05) is 25.7 Å². The number of ether oxygens (including phenoxy) is 4. The van der Waals surface area contributed by atoms with E-state index in [-0.39, 0.29) is 25.7 Å². The molecule has 0 bridgehead atoms. The van der Waals surface area contributed by atoms with Crippen LogP contribution in [-0.4, -0.2) is 96.7 Å². The van der Waals surface area contributed by atoms with Gasteiger partial charge in [0.05, 0.1) is 26.4 Å². The Labute approximate surface area is 607 Å². The van der Waals surface area contributed by atoms with Crippen LogP contribution in [0.2, 0.25) is 0 Å². The third-order valence-electron chi connectivity index (χ3n) is 19.7. The molecular formula is C80H156O17P2. The molecule has 19 heteroatoms. The smallest absolute Gasteiger partial charge is 0.462 e. The number of aliphatic hydroxyl groups is 1. The molecule has 5 unspecified atom stereocenters. The van der Waals surface area contributed by atoms with E-state index in [9.17, 15) is 43.2 Å². The minimum Gasteiger partial charge on any atom is -0.462 e. The Bertz CT molecular complexity index is 1940. The maximum atomic E-state index is 13.1. The molecule has 0 saturated carbocycles. The van der Waals surface area contributed by atoms with Crippen molar-refractivity contribution in [1.29, 1.82) is 0 Å². The highest BCUT2D eigenvalue weighted by molar-refractivity contribution is 7.47. The van der Waals surface area contributed by atoms with Gasteiger partial charge in [-0.1, -0.05) is 357 Å². The number of phosphoric ester groups is 2. The van der Waals surface area contributed by atoms with Gasteiger partial charge in [0.1, 0.15) is 19.3 Å². The van der Waals surface area contributed by atoms with Crippen molar-refractivity contribution in [1.82, 2.24) is 0 Å². The van der Waals surface area contributed by atoms with E-state index in [1.807, 2.05) is 0 Å². The number of carbonyl (C=O) groups is 4. The van der Waals surface area contributed by atoms with Crippen LogP contribution in [-0.2, 0) is 65.4 Å². The van der Waals surface area contributed by atoms with E-state index in [2.05, 4.69) is 55.4 Å². The third-order valence-corrected chi connectivity index (χ3v) is 21.6. The molecule has 0 aliphatic heterocycles. The lowest BCUT2D eigenvalue weighted by molar-refractivity contribution is -0.161. The maximum Gasteiger partial charge on any atom is 0.472 e. The van der Waals surface area contributed by atoms with E-state index in [0.29, 0.717) is 25.7 Å². The van der Waals surface area contributed by atoms with Gasteiger partial charge in [0.2, 0.25) is 0 Å². The fourth-order valence-electron chi connectivity index (χ4n) is 12.2. The topological polar surface area (TPSA) is 237 Å². The number of aliphatic hydroxyl groups excluding tert-OH is 1. The third kappa shape index (κ3) is 70.2. The zero-order valence-corrected chi connectivity index (χ0v) is 66.9. The van der Waals surface area contributed by atoms with Crippen LogP contribution in [0.25, 0.3) is 0 Å². The van der Waals surface area contributed by atoms with Crippen molar-refractivity contribution in [3.8, 4) is 0 Å². The molecule has 0 spiro atoms. The number of hydrogen-bond donors (Lipinski definition) is 3. The summed E-state index contributed by atoms with van der Waals surface area (Å²) in [7, 11) is -9.92. The molecule has 0 rings (SSSR count). The Hall–Kier alpha value is -1.94. The van der Waals surface area contributed by atoms with E-state index in [1.54, 1.807) is 0 Å². The summed E-state index contributed by atoms with van der Waals surface area (Å²) in [6.07, 6.45) is 55.3. The molecule has 8 atom stereocenters. The molecule has 0 aromatic carbocycles. The SMILES string of the molecule is CCC(C)CCCCCCCCCCCCCCCCC(=O)O[C@H](COC(=O)CCCCCCCCCCCCC(C)CC)COP(=O)(O)OC[C@@H](O)COP(=O)(O)OC[C@@H](COC(=O)CCCCCCCCC(C)CC)OC(=O)CCCCCCCCCCCCCCCCC(C)C. The lowest BCUT2D eigenvalue weighted by Crippen LogP contribution is -2.30. The highest BCUT2D eigenvalue weighted by atomic mass is 31.2. The van der Waals surface area contributed by atoms with Crippen LogP contribution < -0.4 is 0 Å². The summed E-state index contributed by atoms with van der Waals surface area (Å²) in [6, 6.07) is 0. The molecule has 0 radical (unpaired) electrons. The van der Waals surface area contributed by atoms with Crippen LogP contribution in [0.1, 0.15) is 409 Å². The van der Waals surface area contributed by atoms with Gasteiger partial charge in [-0.3, -0.25) is 37.3 Å². The molecule has 0 aliphatic rings. The minimum atomic E-state index is -4.96. The second-order valence-electron chi connectivity index (χ2n) is 30.0. The molecule has 3 N–H and O–H groups in total. The Morgan fingerprint density at radius 1 is 0.283 bits per heavy atom. The van der Waals surface area contributed by atoms with Gasteiger partial charge < -0.3 is 33.8 Å². The van der Waals surface area contributed by atoms with Crippen molar-refractivity contribution in [3.63, 3.8) is 0 Å². The lowest BCUT2D eigenvalue weighted by Gasteiger charge is -2.21. The predicted octanol–water partition coefficient (Wildman–Crippen LogP) is 23.6. The predicted molar refractivity (Wildman–Crippen MR) is 404 cm³/mol. The summed E-state index contributed by atoms with van der Waals surface area (Å²) in [5.41, 5.74) is 0. The number of esters is 4. The van der Waals surface area contributed by atoms with Crippen molar-refractivity contribution in [2.45, 2.75) is 427 Å². The average molecular weight is 1450 g/mol. The van der Waals surface area contributed by atoms with Crippen LogP contribution in [0.3, 0.4) is 0 Å². The van der Waals surface area contributed by atoms with Gasteiger partial charge in [-0.15, -0.1) is 0 Å². The molecule has 17 nitrogen and oxygen atoms in total. The monoisotopic (exact) mass is 1450 g/mol. The molecule has 0 amide bonds. The highest BCUT2D eigenvalue weighted by Gasteiger charge is 2.30. The fourth-order valence-corrected chi connectivity index (χ4v) is 13.7. The van der Waals surface area contributed by atoms with Crippen molar-refractivity contribution in [2.24, 2.45) is 23.7 Å². The van der Waals surface area contributed by atoms with Crippen molar-refractivity contribution < 1.29 is 80.2 Å². The largest absolute Gasteiger partial charge is 0.472 e. The Morgan fingerprint density at radius 3 is 0.717 bits per heavy atom. The summed E-state index contributed by atoms with van der Waals surface area (Å²) in [4.78, 5) is 73.0. The summed E-state index contributed by atoms with van der Waals surface area (Å²) < 4.78 is 68.7. The van der Waals surface area contributed by atoms with Gasteiger partial charge in [-0.2, -0.15) is 0 Å². The van der Waals surface area contributed by atoms with Crippen LogP contribution in [0.15, 0.2) is 0 Å². The highest BCUT2D eigenvalue weighted by Crippen LogP contribution is 2.45. The number of carbonyl (C=O) groups excluding carboxylic acids is 4. The molecule has 0 saturated heterocycles. The van der Waals surface area contributed by atoms with Crippen LogP contribution >= 0.6 is 15.6 Å². The number of phosphoric acid groups is 2. The summed E-state index contributed by atoms with van der Waals surface area (Å²) >= 11 is 0. The zero-order chi connectivity index (χ0) is 73.1.